The van der Waals surface area contributed by atoms with Crippen LogP contribution in [0.3, 0.4) is 0 Å². The highest BCUT2D eigenvalue weighted by Gasteiger charge is 2.09. The molecule has 1 aromatic carbocycles. The van der Waals surface area contributed by atoms with E-state index in [4.69, 9.17) is 18.0 Å². The molecule has 0 aliphatic rings. The Morgan fingerprint density at radius 1 is 1.35 bits per heavy atom. The second kappa shape index (κ2) is 5.75. The molecular weight excluding hydrogens is 277 g/mol. The lowest BCUT2D eigenvalue weighted by Gasteiger charge is -2.06. The number of carbonyl (C=O) groups excluding carboxylic acids is 1. The summed E-state index contributed by atoms with van der Waals surface area (Å²) < 4.78 is 13.2. The summed E-state index contributed by atoms with van der Waals surface area (Å²) in [6.07, 6.45) is 1.42. The average Bonchev–Trinajstić information content (AvgIpc) is 2.37. The molecule has 1 amide bonds. The lowest BCUT2D eigenvalue weighted by Crippen LogP contribution is -2.15. The first-order chi connectivity index (χ1) is 9.45. The average molecular weight is 289 g/mol. The number of rotatable bonds is 3. The molecule has 0 radical (unpaired) electrons. The van der Waals surface area contributed by atoms with Crippen molar-refractivity contribution < 1.29 is 9.18 Å². The summed E-state index contributed by atoms with van der Waals surface area (Å²) in [6.45, 7) is 1.74. The van der Waals surface area contributed by atoms with E-state index in [-0.39, 0.29) is 10.7 Å². The lowest BCUT2D eigenvalue weighted by atomic mass is 10.2. The zero-order valence-electron chi connectivity index (χ0n) is 10.7. The summed E-state index contributed by atoms with van der Waals surface area (Å²) in [6, 6.07) is 7.42. The smallest absolute Gasteiger partial charge is 0.274 e. The Labute approximate surface area is 120 Å². The fourth-order valence-corrected chi connectivity index (χ4v) is 1.80. The van der Waals surface area contributed by atoms with Gasteiger partial charge in [0.25, 0.3) is 5.91 Å². The van der Waals surface area contributed by atoms with Gasteiger partial charge >= 0.3 is 0 Å². The number of nitrogens with zero attached hydrogens (tertiary/aromatic N) is 1. The number of pyridine rings is 1. The van der Waals surface area contributed by atoms with E-state index >= 15 is 0 Å². The Kier molecular flexibility index (Phi) is 4.05. The van der Waals surface area contributed by atoms with Crippen LogP contribution in [0.15, 0.2) is 36.5 Å². The van der Waals surface area contributed by atoms with Crippen molar-refractivity contribution in [1.29, 1.82) is 0 Å². The summed E-state index contributed by atoms with van der Waals surface area (Å²) in [5, 5.41) is 2.58. The minimum Gasteiger partial charge on any atom is -0.389 e. The number of thiocarbonyl (C=S) groups is 1. The van der Waals surface area contributed by atoms with Crippen molar-refractivity contribution in [2.24, 2.45) is 5.73 Å². The number of anilines is 1. The number of hydrogen-bond acceptors (Lipinski definition) is 3. The van der Waals surface area contributed by atoms with Gasteiger partial charge in [0.2, 0.25) is 0 Å². The predicted octanol–water partition coefficient (Wildman–Crippen LogP) is 2.42. The number of aromatic nitrogens is 1. The third kappa shape index (κ3) is 3.36. The van der Waals surface area contributed by atoms with Crippen LogP contribution in [-0.4, -0.2) is 15.9 Å². The normalized spacial score (nSPS) is 10.1. The number of aryl methyl sites for hydroxylation is 1. The molecule has 20 heavy (non-hydrogen) atoms. The van der Waals surface area contributed by atoms with Gasteiger partial charge in [-0.2, -0.15) is 0 Å². The summed E-state index contributed by atoms with van der Waals surface area (Å²) in [4.78, 5) is 16.1. The second-order valence-corrected chi connectivity index (χ2v) is 4.71. The highest BCUT2D eigenvalue weighted by molar-refractivity contribution is 7.80. The van der Waals surface area contributed by atoms with Crippen molar-refractivity contribution in [1.82, 2.24) is 4.98 Å². The summed E-state index contributed by atoms with van der Waals surface area (Å²) in [7, 11) is 0. The molecule has 2 aromatic rings. The van der Waals surface area contributed by atoms with Crippen LogP contribution in [0.2, 0.25) is 0 Å². The van der Waals surface area contributed by atoms with Gasteiger partial charge in [-0.3, -0.25) is 9.78 Å². The number of benzene rings is 1. The first-order valence-corrected chi connectivity index (χ1v) is 6.21. The van der Waals surface area contributed by atoms with Gasteiger partial charge in [0.05, 0.1) is 0 Å². The first kappa shape index (κ1) is 14.1. The fraction of sp³-hybridized carbons (Fsp3) is 0.0714. The molecule has 1 heterocycles. The van der Waals surface area contributed by atoms with Gasteiger partial charge < -0.3 is 11.1 Å². The van der Waals surface area contributed by atoms with E-state index in [9.17, 15) is 9.18 Å². The number of hydrogen-bond donors (Lipinski definition) is 2. The van der Waals surface area contributed by atoms with Crippen LogP contribution in [0, 0.1) is 12.7 Å². The molecule has 102 valence electrons. The van der Waals surface area contributed by atoms with Crippen LogP contribution in [0.1, 0.15) is 21.6 Å². The Morgan fingerprint density at radius 2 is 2.10 bits per heavy atom. The molecule has 2 rings (SSSR count). The van der Waals surface area contributed by atoms with Crippen molar-refractivity contribution in [3.05, 3.63) is 59.2 Å². The van der Waals surface area contributed by atoms with Gasteiger partial charge in [-0.15, -0.1) is 0 Å². The van der Waals surface area contributed by atoms with Gasteiger partial charge in [-0.25, -0.2) is 4.39 Å². The van der Waals surface area contributed by atoms with E-state index in [0.29, 0.717) is 11.3 Å². The van der Waals surface area contributed by atoms with Crippen molar-refractivity contribution in [3.8, 4) is 0 Å². The van der Waals surface area contributed by atoms with E-state index < -0.39 is 11.7 Å². The van der Waals surface area contributed by atoms with Crippen LogP contribution in [-0.2, 0) is 0 Å². The minimum absolute atomic E-state index is 0.201. The summed E-state index contributed by atoms with van der Waals surface area (Å²) >= 11 is 4.80. The van der Waals surface area contributed by atoms with Gasteiger partial charge in [0.15, 0.2) is 0 Å². The van der Waals surface area contributed by atoms with Crippen LogP contribution in [0.25, 0.3) is 0 Å². The maximum atomic E-state index is 13.2. The highest BCUT2D eigenvalue weighted by Crippen LogP contribution is 2.14. The molecule has 0 unspecified atom stereocenters. The maximum Gasteiger partial charge on any atom is 0.274 e. The van der Waals surface area contributed by atoms with Crippen molar-refractivity contribution in [2.45, 2.75) is 6.92 Å². The minimum atomic E-state index is -0.426. The Morgan fingerprint density at radius 3 is 2.65 bits per heavy atom. The van der Waals surface area contributed by atoms with Gasteiger partial charge in [-0.1, -0.05) is 12.2 Å². The molecular formula is C14H12FN3OS. The third-order valence-corrected chi connectivity index (χ3v) is 2.82. The molecule has 0 aliphatic carbocycles. The maximum absolute atomic E-state index is 13.2. The van der Waals surface area contributed by atoms with Crippen LogP contribution >= 0.6 is 12.2 Å². The Balaban J connectivity index is 2.17. The number of halogens is 1. The van der Waals surface area contributed by atoms with Crippen LogP contribution in [0.5, 0.6) is 0 Å². The van der Waals surface area contributed by atoms with Crippen molar-refractivity contribution >= 4 is 28.8 Å². The molecule has 0 spiro atoms. The quantitative estimate of drug-likeness (QED) is 0.852. The van der Waals surface area contributed by atoms with Gasteiger partial charge in [0, 0.05) is 17.4 Å². The van der Waals surface area contributed by atoms with Crippen LogP contribution < -0.4 is 11.1 Å². The molecule has 1 aromatic heterocycles. The number of nitrogens with two attached hydrogens (primary N) is 1. The van der Waals surface area contributed by atoms with Crippen molar-refractivity contribution in [3.63, 3.8) is 0 Å². The Bertz CT molecular complexity index is 650. The third-order valence-electron chi connectivity index (χ3n) is 2.58. The number of amides is 1. The molecule has 0 saturated carbocycles. The second-order valence-electron chi connectivity index (χ2n) is 4.27. The van der Waals surface area contributed by atoms with E-state index in [1.165, 1.54) is 24.4 Å². The van der Waals surface area contributed by atoms with Gasteiger partial charge in [0.1, 0.15) is 16.5 Å². The van der Waals surface area contributed by atoms with Gasteiger partial charge in [-0.05, 0) is 42.8 Å². The highest BCUT2D eigenvalue weighted by atomic mass is 32.1. The molecule has 0 saturated heterocycles. The predicted molar refractivity (Wildman–Crippen MR) is 79.2 cm³/mol. The SMILES string of the molecule is Cc1cc(F)cc(NC(=O)c2ccc(C(N)=S)cn2)c1. The van der Waals surface area contributed by atoms with E-state index in [1.807, 2.05) is 0 Å². The van der Waals surface area contributed by atoms with Crippen molar-refractivity contribution in [2.75, 3.05) is 5.32 Å². The van der Waals surface area contributed by atoms with E-state index in [1.54, 1.807) is 19.1 Å². The summed E-state index contributed by atoms with van der Waals surface area (Å²) in [5.74, 6) is -0.832. The Hall–Kier alpha value is -2.34. The number of nitrogens with one attached hydrogen (secondary N) is 1. The largest absolute Gasteiger partial charge is 0.389 e. The molecule has 4 nitrogen and oxygen atoms in total. The van der Waals surface area contributed by atoms with E-state index in [2.05, 4.69) is 10.3 Å². The molecule has 0 bridgehead atoms. The molecule has 0 fully saturated rings. The fourth-order valence-electron chi connectivity index (χ4n) is 1.68. The standard InChI is InChI=1S/C14H12FN3OS/c1-8-4-10(15)6-11(5-8)18-14(19)12-3-2-9(7-17-12)13(16)20/h2-7H,1H3,(H2,16,20)(H,18,19). The first-order valence-electron chi connectivity index (χ1n) is 5.80. The molecule has 0 atom stereocenters. The molecule has 6 heteroatoms. The zero-order chi connectivity index (χ0) is 14.7. The monoisotopic (exact) mass is 289 g/mol. The number of carbonyl (C=O) groups is 1. The van der Waals surface area contributed by atoms with Crippen LogP contribution in [0.4, 0.5) is 10.1 Å². The lowest BCUT2D eigenvalue weighted by molar-refractivity contribution is 0.102. The summed E-state index contributed by atoms with van der Waals surface area (Å²) in [5.41, 5.74) is 7.33. The topological polar surface area (TPSA) is 68.0 Å². The molecule has 0 aliphatic heterocycles. The van der Waals surface area contributed by atoms with E-state index in [0.717, 1.165) is 5.56 Å². The zero-order valence-corrected chi connectivity index (χ0v) is 11.5. The molecule has 3 N–H and O–H groups in total.